The molecule has 2 aromatic heterocycles. The largest absolute Gasteiger partial charge is 0.384 e. The molecule has 3 rings (SSSR count). The molecular formula is C13H10F2N4. The van der Waals surface area contributed by atoms with E-state index in [0.29, 0.717) is 22.9 Å². The lowest BCUT2D eigenvalue weighted by Gasteiger charge is -2.00. The fraction of sp³-hybridized carbons (Fsp3) is 0.0769. The number of H-pyrrole nitrogens is 1. The van der Waals surface area contributed by atoms with Crippen LogP contribution < -0.4 is 5.73 Å². The number of nitrogens with zero attached hydrogens (tertiary/aromatic N) is 2. The van der Waals surface area contributed by atoms with Crippen molar-refractivity contribution in [3.05, 3.63) is 53.4 Å². The second-order valence-electron chi connectivity index (χ2n) is 4.20. The van der Waals surface area contributed by atoms with Crippen molar-refractivity contribution in [3.63, 3.8) is 0 Å². The van der Waals surface area contributed by atoms with Crippen LogP contribution in [0.15, 0.2) is 30.3 Å². The average molecular weight is 260 g/mol. The lowest BCUT2D eigenvalue weighted by Crippen LogP contribution is -1.95. The van der Waals surface area contributed by atoms with Gasteiger partial charge in [0.2, 0.25) is 0 Å². The molecule has 0 unspecified atom stereocenters. The molecule has 6 heteroatoms. The maximum atomic E-state index is 13.5. The quantitative estimate of drug-likeness (QED) is 0.743. The molecule has 0 aliphatic carbocycles. The molecule has 0 bridgehead atoms. The van der Waals surface area contributed by atoms with Crippen LogP contribution in [0.5, 0.6) is 0 Å². The Labute approximate surface area is 107 Å². The Hall–Kier alpha value is -2.50. The second-order valence-corrected chi connectivity index (χ2v) is 4.20. The van der Waals surface area contributed by atoms with Crippen LogP contribution in [-0.4, -0.2) is 15.0 Å². The highest BCUT2D eigenvalue weighted by molar-refractivity contribution is 5.72. The number of nitrogens with one attached hydrogen (secondary N) is 1. The predicted molar refractivity (Wildman–Crippen MR) is 67.5 cm³/mol. The van der Waals surface area contributed by atoms with Gasteiger partial charge in [0.1, 0.15) is 23.3 Å². The molecule has 0 spiro atoms. The van der Waals surface area contributed by atoms with E-state index in [4.69, 9.17) is 5.73 Å². The van der Waals surface area contributed by atoms with Gasteiger partial charge in [0.25, 0.3) is 0 Å². The van der Waals surface area contributed by atoms with E-state index < -0.39 is 11.6 Å². The summed E-state index contributed by atoms with van der Waals surface area (Å²) < 4.78 is 26.3. The van der Waals surface area contributed by atoms with E-state index in [9.17, 15) is 8.78 Å². The molecule has 4 nitrogen and oxygen atoms in total. The number of aromatic nitrogens is 3. The molecule has 0 aliphatic heterocycles. The lowest BCUT2D eigenvalue weighted by molar-refractivity contribution is 0.574. The fourth-order valence-corrected chi connectivity index (χ4v) is 1.89. The van der Waals surface area contributed by atoms with Crippen molar-refractivity contribution in [1.29, 1.82) is 0 Å². The number of aromatic amines is 1. The van der Waals surface area contributed by atoms with Gasteiger partial charge in [0.15, 0.2) is 5.65 Å². The van der Waals surface area contributed by atoms with Gasteiger partial charge >= 0.3 is 0 Å². The summed E-state index contributed by atoms with van der Waals surface area (Å²) in [5, 5.41) is 0. The Kier molecular flexibility index (Phi) is 2.63. The number of hydrogen-bond donors (Lipinski definition) is 2. The second kappa shape index (κ2) is 4.31. The average Bonchev–Trinajstić information content (AvgIpc) is 2.74. The smallest absolute Gasteiger partial charge is 0.179 e. The minimum atomic E-state index is -0.597. The highest BCUT2D eigenvalue weighted by Gasteiger charge is 2.09. The van der Waals surface area contributed by atoms with E-state index >= 15 is 0 Å². The van der Waals surface area contributed by atoms with E-state index in [1.54, 1.807) is 12.1 Å². The number of pyridine rings is 1. The van der Waals surface area contributed by atoms with E-state index in [1.807, 2.05) is 0 Å². The summed E-state index contributed by atoms with van der Waals surface area (Å²) in [7, 11) is 0. The minimum Gasteiger partial charge on any atom is -0.384 e. The maximum Gasteiger partial charge on any atom is 0.179 e. The molecule has 0 fully saturated rings. The molecule has 1 aromatic carbocycles. The summed E-state index contributed by atoms with van der Waals surface area (Å²) >= 11 is 0. The van der Waals surface area contributed by atoms with Crippen LogP contribution in [0.3, 0.4) is 0 Å². The molecular weight excluding hydrogens is 250 g/mol. The van der Waals surface area contributed by atoms with Gasteiger partial charge in [-0.2, -0.15) is 0 Å². The number of nitrogen functional groups attached to an aromatic ring is 1. The van der Waals surface area contributed by atoms with Crippen molar-refractivity contribution in [2.24, 2.45) is 0 Å². The van der Waals surface area contributed by atoms with Crippen LogP contribution in [0.1, 0.15) is 11.4 Å². The summed E-state index contributed by atoms with van der Waals surface area (Å²) in [6.45, 7) is 0. The Morgan fingerprint density at radius 1 is 1.11 bits per heavy atom. The number of benzene rings is 1. The number of rotatable bonds is 2. The Bertz CT molecular complexity index is 751. The molecule has 0 saturated heterocycles. The molecule has 96 valence electrons. The monoisotopic (exact) mass is 260 g/mol. The van der Waals surface area contributed by atoms with Crippen molar-refractivity contribution in [1.82, 2.24) is 15.0 Å². The van der Waals surface area contributed by atoms with Gasteiger partial charge in [0.05, 0.1) is 5.52 Å². The maximum absolute atomic E-state index is 13.5. The van der Waals surface area contributed by atoms with Crippen LogP contribution in [0.4, 0.5) is 14.6 Å². The van der Waals surface area contributed by atoms with Crippen LogP contribution in [0, 0.1) is 11.6 Å². The number of imidazole rings is 1. The van der Waals surface area contributed by atoms with Crippen molar-refractivity contribution in [2.75, 3.05) is 5.73 Å². The third kappa shape index (κ3) is 2.24. The highest BCUT2D eigenvalue weighted by atomic mass is 19.1. The van der Waals surface area contributed by atoms with Gasteiger partial charge in [-0.15, -0.1) is 0 Å². The third-order valence-corrected chi connectivity index (χ3v) is 2.79. The zero-order valence-electron chi connectivity index (χ0n) is 9.82. The van der Waals surface area contributed by atoms with Gasteiger partial charge in [-0.05, 0) is 23.8 Å². The first kappa shape index (κ1) is 11.6. The normalized spacial score (nSPS) is 11.1. The molecule has 0 amide bonds. The predicted octanol–water partition coefficient (Wildman–Crippen LogP) is 2.41. The van der Waals surface area contributed by atoms with Crippen molar-refractivity contribution in [2.45, 2.75) is 6.42 Å². The van der Waals surface area contributed by atoms with E-state index in [0.717, 1.165) is 11.6 Å². The molecule has 0 saturated carbocycles. The van der Waals surface area contributed by atoms with Gasteiger partial charge in [-0.3, -0.25) is 0 Å². The van der Waals surface area contributed by atoms with Crippen LogP contribution in [-0.2, 0) is 6.42 Å². The summed E-state index contributed by atoms with van der Waals surface area (Å²) in [5.41, 5.74) is 7.14. The van der Waals surface area contributed by atoms with Crippen molar-refractivity contribution in [3.8, 4) is 0 Å². The Morgan fingerprint density at radius 3 is 2.74 bits per heavy atom. The molecule has 3 aromatic rings. The van der Waals surface area contributed by atoms with Crippen LogP contribution in [0.25, 0.3) is 11.2 Å². The van der Waals surface area contributed by atoms with Crippen molar-refractivity contribution >= 4 is 17.0 Å². The molecule has 19 heavy (non-hydrogen) atoms. The SMILES string of the molecule is Nc1ccc2[nH]c(Cc3ccc(F)cc3F)nc2n1. The zero-order valence-corrected chi connectivity index (χ0v) is 9.82. The van der Waals surface area contributed by atoms with Crippen molar-refractivity contribution < 1.29 is 8.78 Å². The third-order valence-electron chi connectivity index (χ3n) is 2.79. The van der Waals surface area contributed by atoms with E-state index in [2.05, 4.69) is 15.0 Å². The summed E-state index contributed by atoms with van der Waals surface area (Å²) in [6.07, 6.45) is 0.238. The molecule has 0 atom stereocenters. The van der Waals surface area contributed by atoms with Crippen LogP contribution in [0.2, 0.25) is 0 Å². The first-order valence-electron chi connectivity index (χ1n) is 5.67. The highest BCUT2D eigenvalue weighted by Crippen LogP contribution is 2.16. The van der Waals surface area contributed by atoms with E-state index in [1.165, 1.54) is 12.1 Å². The zero-order chi connectivity index (χ0) is 13.4. The number of fused-ring (bicyclic) bond motifs is 1. The first-order chi connectivity index (χ1) is 9.11. The first-order valence-corrected chi connectivity index (χ1v) is 5.67. The van der Waals surface area contributed by atoms with E-state index in [-0.39, 0.29) is 6.42 Å². The lowest BCUT2D eigenvalue weighted by atomic mass is 10.1. The number of nitrogens with two attached hydrogens (primary N) is 1. The number of hydrogen-bond acceptors (Lipinski definition) is 3. The fourth-order valence-electron chi connectivity index (χ4n) is 1.89. The Balaban J connectivity index is 1.96. The summed E-state index contributed by atoms with van der Waals surface area (Å²) in [6, 6.07) is 6.89. The molecule has 3 N–H and O–H groups in total. The molecule has 2 heterocycles. The Morgan fingerprint density at radius 2 is 1.95 bits per heavy atom. The van der Waals surface area contributed by atoms with Gasteiger partial charge in [-0.1, -0.05) is 6.07 Å². The molecule has 0 radical (unpaired) electrons. The number of halogens is 2. The topological polar surface area (TPSA) is 67.6 Å². The summed E-state index contributed by atoms with van der Waals surface area (Å²) in [4.78, 5) is 11.3. The van der Waals surface area contributed by atoms with Gasteiger partial charge in [0, 0.05) is 12.5 Å². The van der Waals surface area contributed by atoms with Gasteiger partial charge < -0.3 is 10.7 Å². The number of anilines is 1. The standard InChI is InChI=1S/C13H10F2N4/c14-8-2-1-7(9(15)6-8)5-12-17-10-3-4-11(16)18-13(10)19-12/h1-4,6H,5H2,(H3,16,17,18,19). The van der Waals surface area contributed by atoms with Crippen LogP contribution >= 0.6 is 0 Å². The summed E-state index contributed by atoms with van der Waals surface area (Å²) in [5.74, 6) is -0.259. The minimum absolute atomic E-state index is 0.238. The van der Waals surface area contributed by atoms with Gasteiger partial charge in [-0.25, -0.2) is 18.7 Å². The molecule has 0 aliphatic rings.